The first-order chi connectivity index (χ1) is 9.68. The van der Waals surface area contributed by atoms with Gasteiger partial charge < -0.3 is 5.11 Å². The van der Waals surface area contributed by atoms with E-state index in [0.29, 0.717) is 0 Å². The summed E-state index contributed by atoms with van der Waals surface area (Å²) < 4.78 is 2.83. The minimum Gasteiger partial charge on any atom is -0.494 e. The third kappa shape index (κ3) is 2.30. The van der Waals surface area contributed by atoms with Crippen LogP contribution in [0.4, 0.5) is 0 Å². The summed E-state index contributed by atoms with van der Waals surface area (Å²) in [6.45, 7) is 0. The summed E-state index contributed by atoms with van der Waals surface area (Å²) in [6.07, 6.45) is 9.10. The smallest absolute Gasteiger partial charge is 0.334 e. The number of aromatic hydroxyl groups is 1. The fourth-order valence-corrected chi connectivity index (χ4v) is 3.74. The normalized spacial score (nSPS) is 21.4. The molecule has 2 aliphatic rings. The van der Waals surface area contributed by atoms with Gasteiger partial charge in [-0.2, -0.15) is 0 Å². The number of aromatic nitrogens is 2. The summed E-state index contributed by atoms with van der Waals surface area (Å²) in [5.41, 5.74) is -0.664. The van der Waals surface area contributed by atoms with Crippen molar-refractivity contribution in [3.05, 3.63) is 26.9 Å². The number of nitrogens with zero attached hydrogens (tertiary/aromatic N) is 2. The van der Waals surface area contributed by atoms with Crippen LogP contribution in [0, 0.1) is 0 Å². The minimum atomic E-state index is -0.353. The van der Waals surface area contributed by atoms with Gasteiger partial charge in [-0.1, -0.05) is 32.1 Å². The largest absolute Gasteiger partial charge is 0.494 e. The Hall–Kier alpha value is -1.52. The molecule has 2 fully saturated rings. The second-order valence-corrected chi connectivity index (χ2v) is 6.09. The molecule has 0 aliphatic heterocycles. The Kier molecular flexibility index (Phi) is 3.68. The van der Waals surface area contributed by atoms with Crippen LogP contribution in [-0.4, -0.2) is 14.2 Å². The third-order valence-electron chi connectivity index (χ3n) is 4.78. The Balaban J connectivity index is 2.07. The van der Waals surface area contributed by atoms with Gasteiger partial charge in [0.15, 0.2) is 0 Å². The van der Waals surface area contributed by atoms with E-state index >= 15 is 0 Å². The van der Waals surface area contributed by atoms with Crippen molar-refractivity contribution in [2.45, 2.75) is 69.9 Å². The van der Waals surface area contributed by atoms with Crippen molar-refractivity contribution in [2.75, 3.05) is 0 Å². The molecule has 0 unspecified atom stereocenters. The molecule has 3 rings (SSSR count). The van der Waals surface area contributed by atoms with Crippen molar-refractivity contribution < 1.29 is 5.11 Å². The molecule has 1 heterocycles. The van der Waals surface area contributed by atoms with Gasteiger partial charge in [0.05, 0.1) is 6.07 Å². The van der Waals surface area contributed by atoms with Gasteiger partial charge in [-0.25, -0.2) is 4.79 Å². The van der Waals surface area contributed by atoms with Crippen molar-refractivity contribution in [3.63, 3.8) is 0 Å². The van der Waals surface area contributed by atoms with E-state index in [1.807, 2.05) is 0 Å². The van der Waals surface area contributed by atoms with Gasteiger partial charge >= 0.3 is 5.69 Å². The van der Waals surface area contributed by atoms with Gasteiger partial charge in [0.25, 0.3) is 5.56 Å². The molecule has 0 atom stereocenters. The lowest BCUT2D eigenvalue weighted by atomic mass is 9.95. The summed E-state index contributed by atoms with van der Waals surface area (Å²) in [6, 6.07) is 1.28. The van der Waals surface area contributed by atoms with Crippen LogP contribution in [-0.2, 0) is 0 Å². The van der Waals surface area contributed by atoms with Crippen molar-refractivity contribution in [1.82, 2.24) is 9.13 Å². The van der Waals surface area contributed by atoms with E-state index in [9.17, 15) is 14.7 Å². The van der Waals surface area contributed by atoms with E-state index in [4.69, 9.17) is 0 Å². The van der Waals surface area contributed by atoms with Gasteiger partial charge in [-0.15, -0.1) is 0 Å². The molecule has 2 saturated carbocycles. The van der Waals surface area contributed by atoms with Crippen LogP contribution in [0.5, 0.6) is 5.88 Å². The molecule has 0 spiro atoms. The SMILES string of the molecule is O=c1cc(O)n(C2CCCC2)c(=O)n1C1CCCCC1. The van der Waals surface area contributed by atoms with Crippen LogP contribution in [0.25, 0.3) is 0 Å². The van der Waals surface area contributed by atoms with Crippen molar-refractivity contribution >= 4 is 0 Å². The molecule has 110 valence electrons. The molecule has 1 aromatic rings. The summed E-state index contributed by atoms with van der Waals surface area (Å²) in [4.78, 5) is 24.8. The fraction of sp³-hybridized carbons (Fsp3) is 0.733. The second-order valence-electron chi connectivity index (χ2n) is 6.09. The Labute approximate surface area is 117 Å². The predicted octanol–water partition coefficient (Wildman–Crippen LogP) is 2.34. The average Bonchev–Trinajstić information content (AvgIpc) is 2.93. The molecule has 1 aromatic heterocycles. The highest BCUT2D eigenvalue weighted by Crippen LogP contribution is 2.31. The summed E-state index contributed by atoms with van der Waals surface area (Å²) in [7, 11) is 0. The predicted molar refractivity (Wildman–Crippen MR) is 76.3 cm³/mol. The molecular formula is C15H22N2O3. The first kappa shape index (κ1) is 13.5. The first-order valence-corrected chi connectivity index (χ1v) is 7.75. The number of rotatable bonds is 2. The second kappa shape index (κ2) is 5.46. The summed E-state index contributed by atoms with van der Waals surface area (Å²) in [5.74, 6) is -0.168. The Morgan fingerprint density at radius 2 is 1.35 bits per heavy atom. The zero-order valence-corrected chi connectivity index (χ0v) is 11.8. The van der Waals surface area contributed by atoms with Gasteiger partial charge in [0.2, 0.25) is 5.88 Å². The topological polar surface area (TPSA) is 64.2 Å². The van der Waals surface area contributed by atoms with Crippen molar-refractivity contribution in [1.29, 1.82) is 0 Å². The molecule has 0 bridgehead atoms. The van der Waals surface area contributed by atoms with Gasteiger partial charge in [-0.05, 0) is 25.7 Å². The molecule has 0 aromatic carbocycles. The lowest BCUT2D eigenvalue weighted by Gasteiger charge is -2.25. The van der Waals surface area contributed by atoms with Crippen molar-refractivity contribution in [3.8, 4) is 5.88 Å². The molecular weight excluding hydrogens is 256 g/mol. The third-order valence-corrected chi connectivity index (χ3v) is 4.78. The highest BCUT2D eigenvalue weighted by Gasteiger charge is 2.26. The molecule has 1 N–H and O–H groups in total. The maximum absolute atomic E-state index is 12.7. The Bertz CT molecular complexity index is 590. The van der Waals surface area contributed by atoms with E-state index in [2.05, 4.69) is 0 Å². The highest BCUT2D eigenvalue weighted by atomic mass is 16.3. The zero-order valence-electron chi connectivity index (χ0n) is 11.8. The monoisotopic (exact) mass is 278 g/mol. The van der Waals surface area contributed by atoms with Gasteiger partial charge in [0, 0.05) is 12.1 Å². The lowest BCUT2D eigenvalue weighted by molar-refractivity contribution is 0.302. The molecule has 0 radical (unpaired) electrons. The quantitative estimate of drug-likeness (QED) is 0.903. The Morgan fingerprint density at radius 3 is 1.95 bits per heavy atom. The fourth-order valence-electron chi connectivity index (χ4n) is 3.74. The molecule has 20 heavy (non-hydrogen) atoms. The molecule has 0 amide bonds. The van der Waals surface area contributed by atoms with Crippen LogP contribution in [0.1, 0.15) is 69.9 Å². The van der Waals surface area contributed by atoms with E-state index in [0.717, 1.165) is 51.4 Å². The standard InChI is InChI=1S/C15H22N2O3/c18-13-10-14(19)17(12-8-4-5-9-12)15(20)16(13)11-6-2-1-3-7-11/h10-12,19H,1-9H2. The highest BCUT2D eigenvalue weighted by molar-refractivity contribution is 5.10. The average molecular weight is 278 g/mol. The van der Waals surface area contributed by atoms with Crippen molar-refractivity contribution in [2.24, 2.45) is 0 Å². The van der Waals surface area contributed by atoms with E-state index in [1.54, 1.807) is 0 Å². The van der Waals surface area contributed by atoms with Gasteiger partial charge in [0.1, 0.15) is 0 Å². The first-order valence-electron chi connectivity index (χ1n) is 7.75. The number of hydrogen-bond acceptors (Lipinski definition) is 3. The molecule has 5 nitrogen and oxygen atoms in total. The molecule has 0 saturated heterocycles. The van der Waals surface area contributed by atoms with Crippen LogP contribution >= 0.6 is 0 Å². The maximum Gasteiger partial charge on any atom is 0.334 e. The maximum atomic E-state index is 12.7. The van der Waals surface area contributed by atoms with Crippen LogP contribution in [0.15, 0.2) is 15.7 Å². The summed E-state index contributed by atoms with van der Waals surface area (Å²) >= 11 is 0. The van der Waals surface area contributed by atoms with E-state index in [-0.39, 0.29) is 29.2 Å². The van der Waals surface area contributed by atoms with Crippen LogP contribution in [0.3, 0.4) is 0 Å². The van der Waals surface area contributed by atoms with E-state index < -0.39 is 0 Å². The van der Waals surface area contributed by atoms with Gasteiger partial charge in [-0.3, -0.25) is 13.9 Å². The zero-order chi connectivity index (χ0) is 14.1. The van der Waals surface area contributed by atoms with E-state index in [1.165, 1.54) is 21.6 Å². The molecule has 2 aliphatic carbocycles. The molecule has 5 heteroatoms. The lowest BCUT2D eigenvalue weighted by Crippen LogP contribution is -2.43. The Morgan fingerprint density at radius 1 is 0.850 bits per heavy atom. The van der Waals surface area contributed by atoms with Crippen LogP contribution < -0.4 is 11.2 Å². The summed E-state index contributed by atoms with van der Waals surface area (Å²) in [5, 5.41) is 10.0. The van der Waals surface area contributed by atoms with Crippen LogP contribution in [0.2, 0.25) is 0 Å². The minimum absolute atomic E-state index is 0.0111. The number of hydrogen-bond donors (Lipinski definition) is 1.